The molecule has 0 aliphatic rings. The van der Waals surface area contributed by atoms with E-state index in [1.54, 1.807) is 12.1 Å². The van der Waals surface area contributed by atoms with Gasteiger partial charge in [0.2, 0.25) is 0 Å². The number of ether oxygens (including phenoxy) is 1. The monoisotopic (exact) mass is 201 g/mol. The van der Waals surface area contributed by atoms with Gasteiger partial charge in [-0.2, -0.15) is 0 Å². The SMILES string of the molecule is COc1cccc(Cl)c1C(=O)NO. The Morgan fingerprint density at radius 3 is 2.85 bits per heavy atom. The molecule has 0 aliphatic heterocycles. The number of carbonyl (C=O) groups is 1. The van der Waals surface area contributed by atoms with Gasteiger partial charge in [0, 0.05) is 0 Å². The number of methoxy groups -OCH3 is 1. The second-order valence-electron chi connectivity index (χ2n) is 2.26. The standard InChI is InChI=1S/C8H8ClNO3/c1-13-6-4-2-3-5(9)7(6)8(11)10-12/h2-4,12H,1H3,(H,10,11). The first-order valence-corrected chi connectivity index (χ1v) is 3.85. The van der Waals surface area contributed by atoms with E-state index in [0.29, 0.717) is 5.75 Å². The highest BCUT2D eigenvalue weighted by Gasteiger charge is 2.14. The number of amides is 1. The first-order valence-electron chi connectivity index (χ1n) is 3.47. The fourth-order valence-electron chi connectivity index (χ4n) is 0.951. The predicted octanol–water partition coefficient (Wildman–Crippen LogP) is 1.47. The molecule has 0 bridgehead atoms. The molecule has 0 aliphatic carbocycles. The fourth-order valence-corrected chi connectivity index (χ4v) is 1.20. The van der Waals surface area contributed by atoms with Gasteiger partial charge in [0.15, 0.2) is 0 Å². The van der Waals surface area contributed by atoms with Crippen molar-refractivity contribution in [2.75, 3.05) is 7.11 Å². The van der Waals surface area contributed by atoms with Crippen LogP contribution in [-0.2, 0) is 0 Å². The molecule has 13 heavy (non-hydrogen) atoms. The van der Waals surface area contributed by atoms with Crippen molar-refractivity contribution >= 4 is 17.5 Å². The molecular formula is C8H8ClNO3. The zero-order chi connectivity index (χ0) is 9.84. The van der Waals surface area contributed by atoms with Crippen LogP contribution in [0.15, 0.2) is 18.2 Å². The van der Waals surface area contributed by atoms with Crippen LogP contribution in [-0.4, -0.2) is 18.2 Å². The van der Waals surface area contributed by atoms with Crippen molar-refractivity contribution < 1.29 is 14.7 Å². The smallest absolute Gasteiger partial charge is 0.279 e. The largest absolute Gasteiger partial charge is 0.496 e. The van der Waals surface area contributed by atoms with Crippen LogP contribution in [0.5, 0.6) is 5.75 Å². The molecule has 4 nitrogen and oxygen atoms in total. The maximum absolute atomic E-state index is 11.1. The van der Waals surface area contributed by atoms with Gasteiger partial charge in [-0.15, -0.1) is 0 Å². The number of nitrogens with one attached hydrogen (secondary N) is 1. The highest BCUT2D eigenvalue weighted by molar-refractivity contribution is 6.34. The molecule has 0 heterocycles. The van der Waals surface area contributed by atoms with Crippen LogP contribution >= 0.6 is 11.6 Å². The highest BCUT2D eigenvalue weighted by Crippen LogP contribution is 2.25. The molecule has 0 saturated heterocycles. The van der Waals surface area contributed by atoms with Gasteiger partial charge in [-0.1, -0.05) is 17.7 Å². The van der Waals surface area contributed by atoms with Gasteiger partial charge in [0.05, 0.1) is 12.1 Å². The van der Waals surface area contributed by atoms with E-state index in [9.17, 15) is 4.79 Å². The van der Waals surface area contributed by atoms with E-state index in [0.717, 1.165) is 0 Å². The van der Waals surface area contributed by atoms with Gasteiger partial charge < -0.3 is 4.74 Å². The molecule has 0 fully saturated rings. The lowest BCUT2D eigenvalue weighted by Crippen LogP contribution is -2.19. The summed E-state index contributed by atoms with van der Waals surface area (Å²) >= 11 is 5.73. The molecule has 0 aromatic heterocycles. The van der Waals surface area contributed by atoms with Gasteiger partial charge in [0.25, 0.3) is 5.91 Å². The summed E-state index contributed by atoms with van der Waals surface area (Å²) in [6, 6.07) is 4.76. The lowest BCUT2D eigenvalue weighted by molar-refractivity contribution is 0.0703. The number of halogens is 1. The maximum atomic E-state index is 11.1. The average Bonchev–Trinajstić information content (AvgIpc) is 2.16. The molecule has 2 N–H and O–H groups in total. The van der Waals surface area contributed by atoms with E-state index in [2.05, 4.69) is 0 Å². The van der Waals surface area contributed by atoms with Gasteiger partial charge in [-0.05, 0) is 12.1 Å². The third-order valence-corrected chi connectivity index (χ3v) is 1.84. The zero-order valence-corrected chi connectivity index (χ0v) is 7.63. The molecule has 0 radical (unpaired) electrons. The normalized spacial score (nSPS) is 9.46. The molecule has 1 aromatic rings. The Morgan fingerprint density at radius 2 is 2.31 bits per heavy atom. The van der Waals surface area contributed by atoms with Crippen LogP contribution in [0.4, 0.5) is 0 Å². The van der Waals surface area contributed by atoms with E-state index in [4.69, 9.17) is 21.5 Å². The summed E-state index contributed by atoms with van der Waals surface area (Å²) in [7, 11) is 1.42. The van der Waals surface area contributed by atoms with Crippen LogP contribution in [0.3, 0.4) is 0 Å². The van der Waals surface area contributed by atoms with Crippen molar-refractivity contribution in [1.29, 1.82) is 0 Å². The molecule has 1 aromatic carbocycles. The third kappa shape index (κ3) is 1.91. The Morgan fingerprint density at radius 1 is 1.62 bits per heavy atom. The van der Waals surface area contributed by atoms with Gasteiger partial charge in [-0.3, -0.25) is 10.0 Å². The fraction of sp³-hybridized carbons (Fsp3) is 0.125. The van der Waals surface area contributed by atoms with Gasteiger partial charge in [0.1, 0.15) is 11.3 Å². The van der Waals surface area contributed by atoms with Crippen molar-refractivity contribution in [3.63, 3.8) is 0 Å². The van der Waals surface area contributed by atoms with E-state index >= 15 is 0 Å². The minimum atomic E-state index is -0.692. The number of benzene rings is 1. The summed E-state index contributed by atoms with van der Waals surface area (Å²) in [6.07, 6.45) is 0. The van der Waals surface area contributed by atoms with Crippen LogP contribution in [0.2, 0.25) is 5.02 Å². The van der Waals surface area contributed by atoms with Crippen molar-refractivity contribution in [1.82, 2.24) is 5.48 Å². The predicted molar refractivity (Wildman–Crippen MR) is 47.3 cm³/mol. The molecular weight excluding hydrogens is 194 g/mol. The molecule has 0 unspecified atom stereocenters. The molecule has 70 valence electrons. The van der Waals surface area contributed by atoms with E-state index in [-0.39, 0.29) is 10.6 Å². The number of rotatable bonds is 2. The van der Waals surface area contributed by atoms with E-state index in [1.165, 1.54) is 18.7 Å². The van der Waals surface area contributed by atoms with E-state index < -0.39 is 5.91 Å². The number of hydrogen-bond donors (Lipinski definition) is 2. The second-order valence-corrected chi connectivity index (χ2v) is 2.67. The summed E-state index contributed by atoms with van der Waals surface area (Å²) in [5.41, 5.74) is 1.61. The van der Waals surface area contributed by atoms with Crippen molar-refractivity contribution in [3.05, 3.63) is 28.8 Å². The first-order chi connectivity index (χ1) is 6.20. The number of hydroxylamine groups is 1. The lowest BCUT2D eigenvalue weighted by atomic mass is 10.2. The third-order valence-electron chi connectivity index (χ3n) is 1.52. The Balaban J connectivity index is 3.22. The maximum Gasteiger partial charge on any atom is 0.279 e. The molecule has 0 atom stereocenters. The number of hydrogen-bond acceptors (Lipinski definition) is 3. The van der Waals surface area contributed by atoms with Crippen LogP contribution in [0.25, 0.3) is 0 Å². The molecule has 0 saturated carbocycles. The Kier molecular flexibility index (Phi) is 3.11. The van der Waals surface area contributed by atoms with Crippen LogP contribution in [0.1, 0.15) is 10.4 Å². The molecule has 1 rings (SSSR count). The van der Waals surface area contributed by atoms with Crippen molar-refractivity contribution in [2.24, 2.45) is 0 Å². The van der Waals surface area contributed by atoms with Gasteiger partial charge >= 0.3 is 0 Å². The average molecular weight is 202 g/mol. The van der Waals surface area contributed by atoms with Crippen LogP contribution in [0, 0.1) is 0 Å². The molecule has 5 heteroatoms. The number of carbonyl (C=O) groups excluding carboxylic acids is 1. The molecule has 0 spiro atoms. The van der Waals surface area contributed by atoms with Crippen molar-refractivity contribution in [3.8, 4) is 5.75 Å². The Bertz CT molecular complexity index is 327. The Hall–Kier alpha value is -1.26. The first kappa shape index (κ1) is 9.83. The quantitative estimate of drug-likeness (QED) is 0.563. The second kappa shape index (κ2) is 4.11. The summed E-state index contributed by atoms with van der Waals surface area (Å²) < 4.78 is 4.89. The topological polar surface area (TPSA) is 58.6 Å². The van der Waals surface area contributed by atoms with E-state index in [1.807, 2.05) is 0 Å². The minimum Gasteiger partial charge on any atom is -0.496 e. The highest BCUT2D eigenvalue weighted by atomic mass is 35.5. The van der Waals surface area contributed by atoms with Gasteiger partial charge in [-0.25, -0.2) is 5.48 Å². The zero-order valence-electron chi connectivity index (χ0n) is 6.87. The Labute approximate surface area is 80.0 Å². The molecule has 1 amide bonds. The minimum absolute atomic E-state index is 0.120. The van der Waals surface area contributed by atoms with Crippen LogP contribution < -0.4 is 10.2 Å². The summed E-state index contributed by atoms with van der Waals surface area (Å²) in [5.74, 6) is -0.374. The summed E-state index contributed by atoms with van der Waals surface area (Å²) in [6.45, 7) is 0. The summed E-state index contributed by atoms with van der Waals surface area (Å²) in [4.78, 5) is 11.1. The summed E-state index contributed by atoms with van der Waals surface area (Å²) in [5, 5.41) is 8.65. The lowest BCUT2D eigenvalue weighted by Gasteiger charge is -2.07. The van der Waals surface area contributed by atoms with Crippen molar-refractivity contribution in [2.45, 2.75) is 0 Å².